The van der Waals surface area contributed by atoms with Crippen LogP contribution in [-0.2, 0) is 13.1 Å². The summed E-state index contributed by atoms with van der Waals surface area (Å²) in [5, 5.41) is 10.3. The maximum absolute atomic E-state index is 13.1. The summed E-state index contributed by atoms with van der Waals surface area (Å²) in [6.45, 7) is 6.93. The Morgan fingerprint density at radius 3 is 2.52 bits per heavy atom. The molecule has 0 radical (unpaired) electrons. The Kier molecular flexibility index (Phi) is 13.6. The topological polar surface area (TPSA) is 80.2 Å². The number of halogens is 3. The van der Waals surface area contributed by atoms with Gasteiger partial charge in [-0.25, -0.2) is 4.98 Å². The van der Waals surface area contributed by atoms with E-state index in [4.69, 9.17) is 4.74 Å². The number of aryl methyl sites for hydroxylation is 1. The first-order valence-electron chi connectivity index (χ1n) is 14.8. The van der Waals surface area contributed by atoms with Crippen molar-refractivity contribution >= 4 is 43.1 Å². The Labute approximate surface area is 278 Å². The highest BCUT2D eigenvalue weighted by Gasteiger charge is 2.26. The Morgan fingerprint density at radius 2 is 1.75 bits per heavy atom. The van der Waals surface area contributed by atoms with Crippen molar-refractivity contribution in [3.63, 3.8) is 0 Å². The third-order valence-electron chi connectivity index (χ3n) is 8.42. The summed E-state index contributed by atoms with van der Waals surface area (Å²) in [5.41, 5.74) is 7.81. The lowest BCUT2D eigenvalue weighted by atomic mass is 9.96. The minimum absolute atomic E-state index is 0. The Hall–Kier alpha value is -3.07. The van der Waals surface area contributed by atoms with E-state index < -0.39 is 0 Å². The van der Waals surface area contributed by atoms with E-state index in [0.29, 0.717) is 36.9 Å². The predicted octanol–water partition coefficient (Wildman–Crippen LogP) is 6.52. The molecule has 44 heavy (non-hydrogen) atoms. The number of amides is 1. The van der Waals surface area contributed by atoms with Gasteiger partial charge in [0, 0.05) is 43.9 Å². The van der Waals surface area contributed by atoms with Crippen molar-refractivity contribution in [3.8, 4) is 16.9 Å². The average Bonchev–Trinajstić information content (AvgIpc) is 3.46. The zero-order valence-corrected chi connectivity index (χ0v) is 27.4. The van der Waals surface area contributed by atoms with Crippen LogP contribution in [0.1, 0.15) is 58.0 Å². The zero-order valence-electron chi connectivity index (χ0n) is 25.0. The van der Waals surface area contributed by atoms with E-state index in [1.807, 2.05) is 24.7 Å². The number of piperidine rings is 1. The molecule has 1 unspecified atom stereocenters. The molecule has 3 heterocycles. The smallest absolute Gasteiger partial charge is 0.255 e. The molecule has 6 rings (SSSR count). The highest BCUT2D eigenvalue weighted by Crippen LogP contribution is 2.35. The summed E-state index contributed by atoms with van der Waals surface area (Å²) in [6.07, 6.45) is 6.88. The number of para-hydroxylation sites is 1. The third-order valence-corrected chi connectivity index (χ3v) is 8.42. The molecule has 1 fully saturated rings. The maximum atomic E-state index is 13.1. The monoisotopic (exact) mass is 657 g/mol. The van der Waals surface area contributed by atoms with Crippen LogP contribution in [-0.4, -0.2) is 41.7 Å². The Balaban J connectivity index is 0.00000176. The average molecular weight is 659 g/mol. The number of ether oxygens (including phenoxy) is 1. The fourth-order valence-corrected chi connectivity index (χ4v) is 5.98. The fourth-order valence-electron chi connectivity index (χ4n) is 5.98. The van der Waals surface area contributed by atoms with Gasteiger partial charge in [0.15, 0.2) is 0 Å². The van der Waals surface area contributed by atoms with Crippen LogP contribution >= 0.6 is 37.2 Å². The minimum atomic E-state index is -0.0486. The summed E-state index contributed by atoms with van der Waals surface area (Å²) in [7, 11) is 0. The molecule has 1 aromatic heterocycles. The molecule has 0 bridgehead atoms. The number of hydrogen-bond acceptors (Lipinski definition) is 5. The molecule has 2 aliphatic rings. The quantitative estimate of drug-likeness (QED) is 0.191. The third kappa shape index (κ3) is 8.34. The summed E-state index contributed by atoms with van der Waals surface area (Å²) in [4.78, 5) is 17.5. The lowest BCUT2D eigenvalue weighted by Crippen LogP contribution is -2.36. The van der Waals surface area contributed by atoms with Gasteiger partial charge < -0.3 is 25.3 Å². The van der Waals surface area contributed by atoms with Crippen molar-refractivity contribution in [1.29, 1.82) is 0 Å². The van der Waals surface area contributed by atoms with Gasteiger partial charge in [-0.15, -0.1) is 37.2 Å². The maximum Gasteiger partial charge on any atom is 0.255 e. The number of carbonyl (C=O) groups excluding carboxylic acids is 1. The summed E-state index contributed by atoms with van der Waals surface area (Å²) in [6, 6.07) is 23.3. The highest BCUT2D eigenvalue weighted by atomic mass is 35.5. The van der Waals surface area contributed by atoms with Gasteiger partial charge in [0.2, 0.25) is 0 Å². The number of carbonyl (C=O) groups is 1. The number of imidazole rings is 1. The second-order valence-corrected chi connectivity index (χ2v) is 11.2. The first-order chi connectivity index (χ1) is 20.2. The Morgan fingerprint density at radius 1 is 0.977 bits per heavy atom. The lowest BCUT2D eigenvalue weighted by molar-refractivity contribution is 0.0938. The molecular formula is C34H42Cl3N5O2. The second kappa shape index (κ2) is 16.8. The molecule has 0 spiro atoms. The van der Waals surface area contributed by atoms with E-state index in [9.17, 15) is 4.79 Å². The van der Waals surface area contributed by atoms with Gasteiger partial charge in [-0.05, 0) is 67.1 Å². The number of aromatic nitrogens is 2. The zero-order chi connectivity index (χ0) is 28.0. The molecule has 3 aromatic carbocycles. The van der Waals surface area contributed by atoms with Gasteiger partial charge in [-0.1, -0.05) is 60.7 Å². The van der Waals surface area contributed by atoms with Crippen LogP contribution in [0.2, 0.25) is 0 Å². The van der Waals surface area contributed by atoms with Gasteiger partial charge in [0.1, 0.15) is 5.75 Å². The first kappa shape index (κ1) is 35.4. The van der Waals surface area contributed by atoms with Crippen molar-refractivity contribution in [1.82, 2.24) is 25.5 Å². The van der Waals surface area contributed by atoms with E-state index in [2.05, 4.69) is 87.0 Å². The molecule has 7 nitrogen and oxygen atoms in total. The molecule has 0 saturated carbocycles. The highest BCUT2D eigenvalue weighted by molar-refractivity contribution is 5.97. The van der Waals surface area contributed by atoms with Gasteiger partial charge in [-0.3, -0.25) is 4.79 Å². The van der Waals surface area contributed by atoms with Gasteiger partial charge in [0.25, 0.3) is 5.91 Å². The molecule has 1 atom stereocenters. The number of nitrogens with one attached hydrogen (secondary N) is 3. The number of rotatable bonds is 9. The summed E-state index contributed by atoms with van der Waals surface area (Å²) >= 11 is 0. The largest absolute Gasteiger partial charge is 0.492 e. The first-order valence-corrected chi connectivity index (χ1v) is 14.8. The van der Waals surface area contributed by atoms with Gasteiger partial charge in [-0.2, -0.15) is 0 Å². The normalized spacial score (nSPS) is 15.9. The van der Waals surface area contributed by atoms with Gasteiger partial charge in [0.05, 0.1) is 24.2 Å². The van der Waals surface area contributed by atoms with Crippen molar-refractivity contribution < 1.29 is 9.53 Å². The number of hydrogen-bond donors (Lipinski definition) is 3. The van der Waals surface area contributed by atoms with Crippen molar-refractivity contribution in [2.24, 2.45) is 5.92 Å². The SMILES string of the molecule is Cc1ccccc1-c1ccc(Cn2cncc2CNC2CCOc3c(C(=O)NCC4CCNCC4)cccc32)cc1.Cl.Cl.Cl. The Bertz CT molecular complexity index is 1490. The summed E-state index contributed by atoms with van der Waals surface area (Å²) < 4.78 is 8.25. The van der Waals surface area contributed by atoms with E-state index in [1.165, 1.54) is 22.3 Å². The molecule has 2 aliphatic heterocycles. The van der Waals surface area contributed by atoms with Crippen molar-refractivity contribution in [2.75, 3.05) is 26.2 Å². The minimum Gasteiger partial charge on any atom is -0.492 e. The number of nitrogens with zero attached hydrogens (tertiary/aromatic N) is 2. The van der Waals surface area contributed by atoms with Crippen LogP contribution in [0.3, 0.4) is 0 Å². The van der Waals surface area contributed by atoms with E-state index in [0.717, 1.165) is 50.2 Å². The second-order valence-electron chi connectivity index (χ2n) is 11.2. The number of fused-ring (bicyclic) bond motifs is 1. The lowest BCUT2D eigenvalue weighted by Gasteiger charge is -2.28. The van der Waals surface area contributed by atoms with Crippen LogP contribution in [0.5, 0.6) is 5.75 Å². The van der Waals surface area contributed by atoms with Crippen LogP contribution in [0.15, 0.2) is 79.3 Å². The standard InChI is InChI=1S/C34H39N5O2.3ClH/c1-24-5-2-3-6-29(24)27-11-9-26(10-12-27)22-39-23-36-20-28(39)21-37-32-15-18-41-33-30(32)7-4-8-31(33)34(40)38-19-25-13-16-35-17-14-25;;;/h2-12,20,23,25,32,35,37H,13-19,21-22H2,1H3,(H,38,40);3*1H. The molecule has 236 valence electrons. The van der Waals surface area contributed by atoms with Crippen molar-refractivity contribution in [3.05, 3.63) is 107 Å². The van der Waals surface area contributed by atoms with Gasteiger partial charge >= 0.3 is 0 Å². The van der Waals surface area contributed by atoms with E-state index in [1.54, 1.807) is 0 Å². The van der Waals surface area contributed by atoms with Crippen LogP contribution in [0, 0.1) is 12.8 Å². The van der Waals surface area contributed by atoms with Crippen LogP contribution < -0.4 is 20.7 Å². The van der Waals surface area contributed by atoms with Crippen LogP contribution in [0.25, 0.3) is 11.1 Å². The number of benzene rings is 3. The molecule has 3 N–H and O–H groups in total. The predicted molar refractivity (Wildman–Crippen MR) is 184 cm³/mol. The molecule has 4 aromatic rings. The van der Waals surface area contributed by atoms with E-state index in [-0.39, 0.29) is 49.2 Å². The van der Waals surface area contributed by atoms with Crippen LogP contribution in [0.4, 0.5) is 0 Å². The fraction of sp³-hybridized carbons (Fsp3) is 0.353. The summed E-state index contributed by atoms with van der Waals surface area (Å²) in [5.74, 6) is 1.19. The molecule has 10 heteroatoms. The van der Waals surface area contributed by atoms with E-state index >= 15 is 0 Å². The molecular weight excluding hydrogens is 617 g/mol. The molecule has 1 amide bonds. The molecule has 1 saturated heterocycles. The van der Waals surface area contributed by atoms with Crippen molar-refractivity contribution in [2.45, 2.75) is 45.3 Å². The molecule has 0 aliphatic carbocycles.